The van der Waals surface area contributed by atoms with Gasteiger partial charge in [0.25, 0.3) is 0 Å². The largest absolute Gasteiger partial charge is 0.360 e. The van der Waals surface area contributed by atoms with E-state index in [0.717, 1.165) is 39.0 Å². The molecule has 0 bridgehead atoms. The SMILES string of the molecule is C=C(Nc1cc2cc[nH]c2cn1)c1cc(NC(=C)C(c2cc(C)cc(Cl)c2)C(C)(C)Cl)ccc1Cl. The Labute approximate surface area is 221 Å². The van der Waals surface area contributed by atoms with Crippen LogP contribution in [-0.2, 0) is 0 Å². The van der Waals surface area contributed by atoms with Crippen molar-refractivity contribution >= 4 is 62.9 Å². The van der Waals surface area contributed by atoms with E-state index in [1.165, 1.54) is 0 Å². The Morgan fingerprint density at radius 2 is 1.80 bits per heavy atom. The number of rotatable bonds is 8. The maximum Gasteiger partial charge on any atom is 0.131 e. The molecule has 0 radical (unpaired) electrons. The highest BCUT2D eigenvalue weighted by atomic mass is 35.5. The molecule has 4 aromatic rings. The Morgan fingerprint density at radius 3 is 2.51 bits per heavy atom. The molecule has 0 saturated carbocycles. The third-order valence-corrected chi connectivity index (χ3v) is 6.51. The van der Waals surface area contributed by atoms with E-state index >= 15 is 0 Å². The second kappa shape index (κ2) is 9.98. The number of aryl methyl sites for hydroxylation is 1. The molecule has 0 aliphatic rings. The van der Waals surface area contributed by atoms with Crippen molar-refractivity contribution in [2.24, 2.45) is 0 Å². The number of fused-ring (bicyclic) bond motifs is 1. The van der Waals surface area contributed by atoms with Crippen molar-refractivity contribution in [3.05, 3.63) is 107 Å². The number of hydrogen-bond donors (Lipinski definition) is 3. The number of anilines is 2. The van der Waals surface area contributed by atoms with E-state index in [-0.39, 0.29) is 5.92 Å². The fourth-order valence-electron chi connectivity index (χ4n) is 4.28. The maximum absolute atomic E-state index is 6.83. The van der Waals surface area contributed by atoms with Gasteiger partial charge in [-0.25, -0.2) is 4.98 Å². The standard InChI is InChI=1S/C28H27Cl3N4/c1-16-10-20(12-21(29)11-16)27(28(4,5)31)18(3)34-22-6-7-24(30)23(14-22)17(2)35-26-13-19-8-9-32-25(19)15-33-26/h6-15,27,32,34H,2-3H2,1,4-5H3,(H,33,35). The minimum atomic E-state index is -0.607. The van der Waals surface area contributed by atoms with Gasteiger partial charge in [-0.2, -0.15) is 0 Å². The van der Waals surface area contributed by atoms with Gasteiger partial charge in [-0.05, 0) is 74.4 Å². The van der Waals surface area contributed by atoms with Crippen LogP contribution >= 0.6 is 34.8 Å². The molecule has 2 heterocycles. The van der Waals surface area contributed by atoms with Crippen LogP contribution in [0.15, 0.2) is 79.8 Å². The molecule has 3 N–H and O–H groups in total. The first-order chi connectivity index (χ1) is 16.5. The Kier molecular flexibility index (Phi) is 7.18. The van der Waals surface area contributed by atoms with E-state index in [2.05, 4.69) is 39.8 Å². The average Bonchev–Trinajstić information content (AvgIpc) is 3.21. The number of alkyl halides is 1. The predicted octanol–water partition coefficient (Wildman–Crippen LogP) is 8.99. The van der Waals surface area contributed by atoms with E-state index in [1.54, 1.807) is 6.20 Å². The van der Waals surface area contributed by atoms with Gasteiger partial charge in [0, 0.05) is 45.2 Å². The summed E-state index contributed by atoms with van der Waals surface area (Å²) in [6.07, 6.45) is 3.66. The summed E-state index contributed by atoms with van der Waals surface area (Å²) in [5.74, 6) is 0.487. The lowest BCUT2D eigenvalue weighted by molar-refractivity contribution is 0.599. The Hall–Kier alpha value is -2.92. The van der Waals surface area contributed by atoms with Gasteiger partial charge in [0.1, 0.15) is 5.82 Å². The summed E-state index contributed by atoms with van der Waals surface area (Å²) < 4.78 is 0. The van der Waals surface area contributed by atoms with Crippen molar-refractivity contribution in [2.75, 3.05) is 10.6 Å². The van der Waals surface area contributed by atoms with Crippen LogP contribution in [-0.4, -0.2) is 14.8 Å². The molecule has 0 spiro atoms. The molecule has 180 valence electrons. The van der Waals surface area contributed by atoms with Crippen LogP contribution < -0.4 is 10.6 Å². The van der Waals surface area contributed by atoms with Crippen molar-refractivity contribution in [1.29, 1.82) is 0 Å². The van der Waals surface area contributed by atoms with Crippen LogP contribution in [0.5, 0.6) is 0 Å². The van der Waals surface area contributed by atoms with Crippen LogP contribution in [0.3, 0.4) is 0 Å². The van der Waals surface area contributed by atoms with Gasteiger partial charge in [-0.15, -0.1) is 11.6 Å². The normalized spacial score (nSPS) is 12.4. The number of nitrogens with one attached hydrogen (secondary N) is 3. The van der Waals surface area contributed by atoms with Gasteiger partial charge in [0.2, 0.25) is 0 Å². The summed E-state index contributed by atoms with van der Waals surface area (Å²) in [5, 5.41) is 8.97. The first-order valence-electron chi connectivity index (χ1n) is 11.1. The zero-order valence-corrected chi connectivity index (χ0v) is 22.1. The zero-order chi connectivity index (χ0) is 25.3. The lowest BCUT2D eigenvalue weighted by atomic mass is 9.84. The van der Waals surface area contributed by atoms with Gasteiger partial charge in [0.15, 0.2) is 0 Å². The minimum absolute atomic E-state index is 0.195. The first kappa shape index (κ1) is 25.2. The van der Waals surface area contributed by atoms with Crippen molar-refractivity contribution in [3.63, 3.8) is 0 Å². The number of aromatic amines is 1. The van der Waals surface area contributed by atoms with Crippen LogP contribution in [0.1, 0.15) is 36.5 Å². The molecule has 4 rings (SSSR count). The van der Waals surface area contributed by atoms with E-state index in [4.69, 9.17) is 34.8 Å². The summed E-state index contributed by atoms with van der Waals surface area (Å²) >= 11 is 19.7. The molecule has 1 unspecified atom stereocenters. The smallest absolute Gasteiger partial charge is 0.131 e. The predicted molar refractivity (Wildman–Crippen MR) is 152 cm³/mol. The topological polar surface area (TPSA) is 52.7 Å². The number of nitrogens with zero attached hydrogens (tertiary/aromatic N) is 1. The minimum Gasteiger partial charge on any atom is -0.360 e. The number of aromatic nitrogens is 2. The molecule has 7 heteroatoms. The quantitative estimate of drug-likeness (QED) is 0.201. The lowest BCUT2D eigenvalue weighted by Crippen LogP contribution is -2.27. The molecule has 0 aliphatic heterocycles. The highest BCUT2D eigenvalue weighted by Gasteiger charge is 2.31. The summed E-state index contributed by atoms with van der Waals surface area (Å²) in [7, 11) is 0. The van der Waals surface area contributed by atoms with E-state index in [0.29, 0.717) is 21.6 Å². The van der Waals surface area contributed by atoms with Crippen LogP contribution in [0.25, 0.3) is 16.6 Å². The number of H-pyrrole nitrogens is 1. The highest BCUT2D eigenvalue weighted by Crippen LogP contribution is 2.40. The molecular weight excluding hydrogens is 499 g/mol. The molecule has 2 aromatic heterocycles. The third kappa shape index (κ3) is 5.84. The highest BCUT2D eigenvalue weighted by molar-refractivity contribution is 6.32. The van der Waals surface area contributed by atoms with Crippen LogP contribution in [0, 0.1) is 6.92 Å². The van der Waals surface area contributed by atoms with Gasteiger partial charge >= 0.3 is 0 Å². The molecular formula is C28H27Cl3N4. The second-order valence-corrected chi connectivity index (χ2v) is 11.0. The number of halogens is 3. The maximum atomic E-state index is 6.83. The van der Waals surface area contributed by atoms with Crippen LogP contribution in [0.4, 0.5) is 11.5 Å². The van der Waals surface area contributed by atoms with Crippen LogP contribution in [0.2, 0.25) is 10.0 Å². The number of hydrogen-bond acceptors (Lipinski definition) is 3. The van der Waals surface area contributed by atoms with E-state index in [9.17, 15) is 0 Å². The van der Waals surface area contributed by atoms with E-state index < -0.39 is 4.87 Å². The fraction of sp³-hybridized carbons (Fsp3) is 0.179. The van der Waals surface area contributed by atoms with Gasteiger partial charge < -0.3 is 15.6 Å². The second-order valence-electron chi connectivity index (χ2n) is 9.14. The molecule has 4 nitrogen and oxygen atoms in total. The first-order valence-corrected chi connectivity index (χ1v) is 12.3. The molecule has 0 amide bonds. The van der Waals surface area contributed by atoms with Gasteiger partial charge in [0.05, 0.1) is 21.6 Å². The molecule has 0 aliphatic carbocycles. The average molecular weight is 526 g/mol. The lowest BCUT2D eigenvalue weighted by Gasteiger charge is -2.32. The molecule has 1 atom stereocenters. The zero-order valence-electron chi connectivity index (χ0n) is 19.8. The van der Waals surface area contributed by atoms with Crippen molar-refractivity contribution in [2.45, 2.75) is 31.6 Å². The van der Waals surface area contributed by atoms with E-state index in [1.807, 2.05) is 69.4 Å². The fourth-order valence-corrected chi connectivity index (χ4v) is 5.06. The Bertz CT molecular complexity index is 1400. The number of pyridine rings is 1. The Morgan fingerprint density at radius 1 is 1.03 bits per heavy atom. The summed E-state index contributed by atoms with van der Waals surface area (Å²) in [6, 6.07) is 15.5. The molecule has 0 saturated heterocycles. The van der Waals surface area contributed by atoms with Gasteiger partial charge in [-0.1, -0.05) is 42.4 Å². The molecule has 35 heavy (non-hydrogen) atoms. The number of allylic oxidation sites excluding steroid dienone is 1. The van der Waals surface area contributed by atoms with Crippen molar-refractivity contribution < 1.29 is 0 Å². The number of benzene rings is 2. The third-order valence-electron chi connectivity index (χ3n) is 5.75. The van der Waals surface area contributed by atoms with Crippen molar-refractivity contribution in [3.8, 4) is 0 Å². The van der Waals surface area contributed by atoms with Gasteiger partial charge in [-0.3, -0.25) is 0 Å². The molecule has 2 aromatic carbocycles. The molecule has 0 fully saturated rings. The summed E-state index contributed by atoms with van der Waals surface area (Å²) in [6.45, 7) is 14.4. The van der Waals surface area contributed by atoms with Crippen molar-refractivity contribution in [1.82, 2.24) is 9.97 Å². The monoisotopic (exact) mass is 524 g/mol. The Balaban J connectivity index is 1.58. The summed E-state index contributed by atoms with van der Waals surface area (Å²) in [5.41, 5.74) is 5.98. The summed E-state index contributed by atoms with van der Waals surface area (Å²) in [4.78, 5) is 6.97.